The van der Waals surface area contributed by atoms with E-state index in [4.69, 9.17) is 4.42 Å². The van der Waals surface area contributed by atoms with Crippen LogP contribution in [0.25, 0.3) is 22.6 Å². The number of rotatable bonds is 3. The minimum atomic E-state index is -0.606. The third kappa shape index (κ3) is 3.45. The molecule has 0 radical (unpaired) electrons. The number of aromatic hydroxyl groups is 1. The van der Waals surface area contributed by atoms with Crippen molar-refractivity contribution in [1.29, 1.82) is 0 Å². The summed E-state index contributed by atoms with van der Waals surface area (Å²) in [4.78, 5) is 16.9. The molecule has 1 amide bonds. The molecule has 29 heavy (non-hydrogen) atoms. The highest BCUT2D eigenvalue weighted by Gasteiger charge is 2.18. The number of phenolic OH excluding ortho intramolecular Hbond substituents is 1. The average molecular weight is 390 g/mol. The number of aromatic nitrogens is 1. The van der Waals surface area contributed by atoms with E-state index in [1.54, 1.807) is 25.1 Å². The highest BCUT2D eigenvalue weighted by Crippen LogP contribution is 2.36. The number of carbonyl (C=O) groups is 1. The van der Waals surface area contributed by atoms with E-state index in [-0.39, 0.29) is 17.2 Å². The Balaban J connectivity index is 1.75. The maximum absolute atomic E-state index is 13.9. The number of hydrogen-bond acceptors (Lipinski definition) is 4. The molecule has 0 bridgehead atoms. The van der Waals surface area contributed by atoms with Gasteiger partial charge in [-0.25, -0.2) is 9.37 Å². The second-order valence-corrected chi connectivity index (χ2v) is 7.05. The number of aryl methyl sites for hydroxylation is 3. The Hall–Kier alpha value is -3.67. The second kappa shape index (κ2) is 7.05. The highest BCUT2D eigenvalue weighted by atomic mass is 19.1. The summed E-state index contributed by atoms with van der Waals surface area (Å²) in [5.74, 6) is -0.935. The molecule has 0 aliphatic rings. The number of carbonyl (C=O) groups excluding carboxylic acids is 1. The summed E-state index contributed by atoms with van der Waals surface area (Å²) in [6.45, 7) is 5.68. The van der Waals surface area contributed by atoms with Gasteiger partial charge in [0.05, 0.1) is 11.1 Å². The van der Waals surface area contributed by atoms with Crippen molar-refractivity contribution in [3.63, 3.8) is 0 Å². The van der Waals surface area contributed by atoms with E-state index < -0.39 is 11.7 Å². The Morgan fingerprint density at radius 2 is 1.76 bits per heavy atom. The average Bonchev–Trinajstić information content (AvgIpc) is 3.07. The topological polar surface area (TPSA) is 75.4 Å². The number of halogens is 1. The van der Waals surface area contributed by atoms with Crippen LogP contribution in [0.4, 0.5) is 10.1 Å². The summed E-state index contributed by atoms with van der Waals surface area (Å²) in [5.41, 5.74) is 4.67. The van der Waals surface area contributed by atoms with Gasteiger partial charge < -0.3 is 14.8 Å². The Bertz CT molecular complexity index is 1220. The van der Waals surface area contributed by atoms with Crippen LogP contribution in [0.15, 0.2) is 52.9 Å². The lowest BCUT2D eigenvalue weighted by Gasteiger charge is -2.10. The van der Waals surface area contributed by atoms with Crippen molar-refractivity contribution in [2.75, 3.05) is 5.32 Å². The Labute approximate surface area is 166 Å². The van der Waals surface area contributed by atoms with Crippen LogP contribution < -0.4 is 5.32 Å². The Kier molecular flexibility index (Phi) is 4.54. The lowest BCUT2D eigenvalue weighted by molar-refractivity contribution is 0.102. The maximum atomic E-state index is 13.9. The molecule has 0 spiro atoms. The summed E-state index contributed by atoms with van der Waals surface area (Å²) in [5, 5.41) is 13.2. The Morgan fingerprint density at radius 1 is 1.03 bits per heavy atom. The van der Waals surface area contributed by atoms with Gasteiger partial charge in [0.2, 0.25) is 5.89 Å². The van der Waals surface area contributed by atoms with Crippen molar-refractivity contribution in [3.05, 3.63) is 76.6 Å². The van der Waals surface area contributed by atoms with E-state index in [0.29, 0.717) is 27.9 Å². The van der Waals surface area contributed by atoms with Crippen molar-refractivity contribution in [1.82, 2.24) is 4.98 Å². The van der Waals surface area contributed by atoms with E-state index in [1.165, 1.54) is 18.2 Å². The fourth-order valence-electron chi connectivity index (χ4n) is 3.15. The van der Waals surface area contributed by atoms with E-state index >= 15 is 0 Å². The third-order valence-corrected chi connectivity index (χ3v) is 4.91. The monoisotopic (exact) mass is 390 g/mol. The molecule has 4 rings (SSSR count). The van der Waals surface area contributed by atoms with Gasteiger partial charge in [0.25, 0.3) is 5.91 Å². The number of fused-ring (bicyclic) bond motifs is 1. The molecule has 1 aromatic heterocycles. The molecule has 4 aromatic rings. The van der Waals surface area contributed by atoms with Gasteiger partial charge in [-0.3, -0.25) is 4.79 Å². The molecule has 2 N–H and O–H groups in total. The summed E-state index contributed by atoms with van der Waals surface area (Å²) in [6, 6.07) is 12.7. The molecule has 1 heterocycles. The van der Waals surface area contributed by atoms with Gasteiger partial charge in [-0.2, -0.15) is 0 Å². The molecule has 3 aromatic carbocycles. The molecule has 0 unspecified atom stereocenters. The van der Waals surface area contributed by atoms with Crippen molar-refractivity contribution < 1.29 is 18.7 Å². The number of amides is 1. The second-order valence-electron chi connectivity index (χ2n) is 7.05. The first kappa shape index (κ1) is 18.7. The van der Waals surface area contributed by atoms with Crippen LogP contribution in [0, 0.1) is 26.6 Å². The van der Waals surface area contributed by atoms with Gasteiger partial charge in [0.15, 0.2) is 5.58 Å². The largest absolute Gasteiger partial charge is 0.507 e. The van der Waals surface area contributed by atoms with Crippen LogP contribution in [0.3, 0.4) is 0 Å². The smallest absolute Gasteiger partial charge is 0.258 e. The number of phenols is 1. The van der Waals surface area contributed by atoms with Crippen LogP contribution in [-0.2, 0) is 0 Å². The first-order valence-corrected chi connectivity index (χ1v) is 9.11. The lowest BCUT2D eigenvalue weighted by atomic mass is 10.1. The fraction of sp³-hybridized carbons (Fsp3) is 0.130. The van der Waals surface area contributed by atoms with Crippen LogP contribution in [0.2, 0.25) is 0 Å². The van der Waals surface area contributed by atoms with Gasteiger partial charge in [-0.15, -0.1) is 0 Å². The molecule has 0 aliphatic heterocycles. The molecule has 0 saturated heterocycles. The quantitative estimate of drug-likeness (QED) is 0.452. The van der Waals surface area contributed by atoms with Gasteiger partial charge in [-0.05, 0) is 73.9 Å². The first-order chi connectivity index (χ1) is 13.8. The maximum Gasteiger partial charge on any atom is 0.258 e. The molecule has 0 atom stereocenters. The van der Waals surface area contributed by atoms with E-state index in [9.17, 15) is 14.3 Å². The SMILES string of the molecule is Cc1cc2nc(-c3cc(NC(=O)c4ccccc4F)cc(C)c3O)oc2cc1C. The summed E-state index contributed by atoms with van der Waals surface area (Å²) in [7, 11) is 0. The predicted molar refractivity (Wildman–Crippen MR) is 110 cm³/mol. The first-order valence-electron chi connectivity index (χ1n) is 9.11. The summed E-state index contributed by atoms with van der Waals surface area (Å²) < 4.78 is 19.7. The van der Waals surface area contributed by atoms with E-state index in [1.807, 2.05) is 26.0 Å². The van der Waals surface area contributed by atoms with Gasteiger partial charge in [0.1, 0.15) is 17.1 Å². The van der Waals surface area contributed by atoms with Gasteiger partial charge in [0, 0.05) is 5.69 Å². The minimum absolute atomic E-state index is 0.00823. The molecular formula is C23H19FN2O3. The standard InChI is InChI=1S/C23H19FN2O3/c1-12-9-19-20(10-13(12)2)29-23(26-19)17-11-15(8-14(3)21(17)27)25-22(28)16-6-4-5-7-18(16)24/h4-11,27H,1-3H3,(H,25,28). The van der Waals surface area contributed by atoms with Crippen molar-refractivity contribution >= 4 is 22.7 Å². The van der Waals surface area contributed by atoms with Crippen LogP contribution >= 0.6 is 0 Å². The summed E-state index contributed by atoms with van der Waals surface area (Å²) in [6.07, 6.45) is 0. The predicted octanol–water partition coefficient (Wildman–Crippen LogP) is 5.52. The fourth-order valence-corrected chi connectivity index (χ4v) is 3.15. The van der Waals surface area contributed by atoms with Crippen LogP contribution in [-0.4, -0.2) is 16.0 Å². The highest BCUT2D eigenvalue weighted by molar-refractivity contribution is 6.04. The van der Waals surface area contributed by atoms with Crippen LogP contribution in [0.1, 0.15) is 27.0 Å². The summed E-state index contributed by atoms with van der Waals surface area (Å²) >= 11 is 0. The van der Waals surface area contributed by atoms with Crippen LogP contribution in [0.5, 0.6) is 5.75 Å². The normalized spacial score (nSPS) is 11.0. The number of oxazole rings is 1. The third-order valence-electron chi connectivity index (χ3n) is 4.91. The van der Waals surface area contributed by atoms with E-state index in [0.717, 1.165) is 11.1 Å². The van der Waals surface area contributed by atoms with Crippen molar-refractivity contribution in [2.24, 2.45) is 0 Å². The van der Waals surface area contributed by atoms with E-state index in [2.05, 4.69) is 10.3 Å². The zero-order chi connectivity index (χ0) is 20.7. The zero-order valence-electron chi connectivity index (χ0n) is 16.2. The number of hydrogen-bond donors (Lipinski definition) is 2. The number of benzene rings is 3. The Morgan fingerprint density at radius 3 is 2.52 bits per heavy atom. The molecular weight excluding hydrogens is 371 g/mol. The molecule has 5 nitrogen and oxygen atoms in total. The van der Waals surface area contributed by atoms with Gasteiger partial charge >= 0.3 is 0 Å². The van der Waals surface area contributed by atoms with Crippen molar-refractivity contribution in [2.45, 2.75) is 20.8 Å². The number of nitrogens with zero attached hydrogens (tertiary/aromatic N) is 1. The molecule has 6 heteroatoms. The number of nitrogens with one attached hydrogen (secondary N) is 1. The molecule has 146 valence electrons. The molecule has 0 saturated carbocycles. The van der Waals surface area contributed by atoms with Crippen molar-refractivity contribution in [3.8, 4) is 17.2 Å². The molecule has 0 aliphatic carbocycles. The number of anilines is 1. The minimum Gasteiger partial charge on any atom is -0.507 e. The zero-order valence-corrected chi connectivity index (χ0v) is 16.2. The van der Waals surface area contributed by atoms with Gasteiger partial charge in [-0.1, -0.05) is 12.1 Å². The lowest BCUT2D eigenvalue weighted by Crippen LogP contribution is -2.13. The molecule has 0 fully saturated rings.